The van der Waals surface area contributed by atoms with E-state index in [1.807, 2.05) is 0 Å². The highest BCUT2D eigenvalue weighted by Crippen LogP contribution is 2.32. The second-order valence-corrected chi connectivity index (χ2v) is 3.67. The third-order valence-electron chi connectivity index (χ3n) is 2.10. The predicted molar refractivity (Wildman–Crippen MR) is 58.2 cm³/mol. The summed E-state index contributed by atoms with van der Waals surface area (Å²) in [5, 5.41) is 5.87. The van der Waals surface area contributed by atoms with Gasteiger partial charge in [-0.15, -0.1) is 0 Å². The summed E-state index contributed by atoms with van der Waals surface area (Å²) in [5.74, 6) is -0.0961. The van der Waals surface area contributed by atoms with Crippen LogP contribution >= 0.6 is 0 Å². The zero-order chi connectivity index (χ0) is 13.3. The molecule has 5 nitrogen and oxygen atoms in total. The largest absolute Gasteiger partial charge is 0.416 e. The highest BCUT2D eigenvalue weighted by molar-refractivity contribution is 5.56. The van der Waals surface area contributed by atoms with Crippen molar-refractivity contribution in [1.29, 1.82) is 0 Å². The molecule has 0 fully saturated rings. The fraction of sp³-hybridized carbons (Fsp3) is 0.200. The quantitative estimate of drug-likeness (QED) is 0.866. The van der Waals surface area contributed by atoms with Gasteiger partial charge < -0.3 is 15.6 Å². The van der Waals surface area contributed by atoms with Crippen LogP contribution in [0.2, 0.25) is 0 Å². The van der Waals surface area contributed by atoms with Gasteiger partial charge in [-0.25, -0.2) is 0 Å². The summed E-state index contributed by atoms with van der Waals surface area (Å²) in [7, 11) is 0. The highest BCUT2D eigenvalue weighted by Gasteiger charge is 2.31. The number of hydrogen-bond donors (Lipinski definition) is 2. The number of halogens is 3. The van der Waals surface area contributed by atoms with Crippen LogP contribution in [0.4, 0.5) is 30.8 Å². The van der Waals surface area contributed by atoms with Gasteiger partial charge in [0.25, 0.3) is 5.95 Å². The minimum absolute atomic E-state index is 0.0637. The lowest BCUT2D eigenvalue weighted by molar-refractivity contribution is -0.137. The molecule has 1 aromatic heterocycles. The van der Waals surface area contributed by atoms with Gasteiger partial charge in [0, 0.05) is 5.69 Å². The molecule has 18 heavy (non-hydrogen) atoms. The number of benzene rings is 1. The standard InChI is InChI=1S/C10H9F3N4O/c1-5-2-6(10(11,12)13)4-7(3-5)15-9-16-8(14)17-18-9/h2-4H,1H3,(H3,14,15,16,17). The van der Waals surface area contributed by atoms with E-state index in [1.165, 1.54) is 6.07 Å². The summed E-state index contributed by atoms with van der Waals surface area (Å²) in [6.07, 6.45) is -4.41. The van der Waals surface area contributed by atoms with Crippen molar-refractivity contribution in [2.24, 2.45) is 0 Å². The Balaban J connectivity index is 2.31. The molecule has 96 valence electrons. The number of aryl methyl sites for hydroxylation is 1. The Hall–Kier alpha value is -2.25. The van der Waals surface area contributed by atoms with Crippen molar-refractivity contribution in [3.8, 4) is 0 Å². The zero-order valence-corrected chi connectivity index (χ0v) is 9.25. The lowest BCUT2D eigenvalue weighted by Gasteiger charge is -2.10. The van der Waals surface area contributed by atoms with Gasteiger partial charge in [0.1, 0.15) is 0 Å². The Labute approximate surface area is 99.8 Å². The van der Waals surface area contributed by atoms with E-state index in [4.69, 9.17) is 5.73 Å². The minimum Gasteiger partial charge on any atom is -0.365 e. The van der Waals surface area contributed by atoms with E-state index in [0.29, 0.717) is 5.56 Å². The van der Waals surface area contributed by atoms with Crippen molar-refractivity contribution in [3.63, 3.8) is 0 Å². The lowest BCUT2D eigenvalue weighted by Crippen LogP contribution is -2.06. The van der Waals surface area contributed by atoms with Crippen LogP contribution in [0, 0.1) is 6.92 Å². The van der Waals surface area contributed by atoms with Gasteiger partial charge in [-0.3, -0.25) is 0 Å². The van der Waals surface area contributed by atoms with Crippen LogP contribution in [0.1, 0.15) is 11.1 Å². The first-order valence-corrected chi connectivity index (χ1v) is 4.90. The van der Waals surface area contributed by atoms with Crippen molar-refractivity contribution in [1.82, 2.24) is 10.1 Å². The number of alkyl halides is 3. The summed E-state index contributed by atoms with van der Waals surface area (Å²) in [6.45, 7) is 1.56. The Kier molecular flexibility index (Phi) is 2.85. The molecule has 0 saturated heterocycles. The van der Waals surface area contributed by atoms with Gasteiger partial charge in [-0.1, -0.05) is 0 Å². The molecule has 0 aliphatic heterocycles. The van der Waals surface area contributed by atoms with E-state index >= 15 is 0 Å². The number of anilines is 3. The lowest BCUT2D eigenvalue weighted by atomic mass is 10.1. The van der Waals surface area contributed by atoms with Gasteiger partial charge in [-0.2, -0.15) is 18.2 Å². The van der Waals surface area contributed by atoms with Crippen LogP contribution in [-0.2, 0) is 6.18 Å². The van der Waals surface area contributed by atoms with Crippen LogP contribution in [0.25, 0.3) is 0 Å². The Morgan fingerprint density at radius 3 is 2.56 bits per heavy atom. The Morgan fingerprint density at radius 1 is 1.28 bits per heavy atom. The third-order valence-corrected chi connectivity index (χ3v) is 2.10. The fourth-order valence-corrected chi connectivity index (χ4v) is 1.43. The molecule has 0 saturated carbocycles. The molecule has 1 heterocycles. The first-order chi connectivity index (χ1) is 8.34. The molecule has 0 bridgehead atoms. The van der Waals surface area contributed by atoms with Gasteiger partial charge in [0.15, 0.2) is 0 Å². The minimum atomic E-state index is -4.41. The molecule has 0 amide bonds. The van der Waals surface area contributed by atoms with E-state index in [-0.39, 0.29) is 17.7 Å². The molecule has 2 rings (SSSR count). The maximum Gasteiger partial charge on any atom is 0.416 e. The van der Waals surface area contributed by atoms with E-state index in [0.717, 1.165) is 12.1 Å². The van der Waals surface area contributed by atoms with Crippen LogP contribution in [-0.4, -0.2) is 10.1 Å². The second kappa shape index (κ2) is 4.21. The molecule has 1 aromatic carbocycles. The van der Waals surface area contributed by atoms with Crippen molar-refractivity contribution in [2.45, 2.75) is 13.1 Å². The molecule has 0 radical (unpaired) electrons. The molecule has 0 aliphatic rings. The number of nitrogen functional groups attached to an aromatic ring is 1. The first-order valence-electron chi connectivity index (χ1n) is 4.90. The summed E-state index contributed by atoms with van der Waals surface area (Å²) in [5.41, 5.74) is 5.13. The predicted octanol–water partition coefficient (Wildman–Crippen LogP) is 2.72. The fourth-order valence-electron chi connectivity index (χ4n) is 1.43. The molecule has 0 atom stereocenters. The van der Waals surface area contributed by atoms with E-state index in [1.54, 1.807) is 6.92 Å². The van der Waals surface area contributed by atoms with E-state index < -0.39 is 11.7 Å². The molecule has 8 heteroatoms. The van der Waals surface area contributed by atoms with Crippen LogP contribution in [0.3, 0.4) is 0 Å². The monoisotopic (exact) mass is 258 g/mol. The van der Waals surface area contributed by atoms with Crippen LogP contribution in [0.5, 0.6) is 0 Å². The van der Waals surface area contributed by atoms with E-state index in [9.17, 15) is 13.2 Å². The van der Waals surface area contributed by atoms with Crippen molar-refractivity contribution in [3.05, 3.63) is 29.3 Å². The molecule has 0 spiro atoms. The number of nitrogens with two attached hydrogens (primary N) is 1. The molecular weight excluding hydrogens is 249 g/mol. The number of aromatic nitrogens is 2. The van der Waals surface area contributed by atoms with Crippen molar-refractivity contribution < 1.29 is 17.7 Å². The number of nitrogens with zero attached hydrogens (tertiary/aromatic N) is 2. The van der Waals surface area contributed by atoms with Gasteiger partial charge in [0.05, 0.1) is 5.56 Å². The molecular formula is C10H9F3N4O. The molecule has 0 aliphatic carbocycles. The molecule has 2 aromatic rings. The van der Waals surface area contributed by atoms with E-state index in [2.05, 4.69) is 20.0 Å². The summed E-state index contributed by atoms with van der Waals surface area (Å²) >= 11 is 0. The van der Waals surface area contributed by atoms with Gasteiger partial charge in [0.2, 0.25) is 0 Å². The maximum absolute atomic E-state index is 12.6. The highest BCUT2D eigenvalue weighted by atomic mass is 19.4. The second-order valence-electron chi connectivity index (χ2n) is 3.67. The average Bonchev–Trinajstić information content (AvgIpc) is 2.61. The maximum atomic E-state index is 12.6. The van der Waals surface area contributed by atoms with Gasteiger partial charge >= 0.3 is 12.2 Å². The Bertz CT molecular complexity index is 564. The number of rotatable bonds is 2. The van der Waals surface area contributed by atoms with Crippen LogP contribution < -0.4 is 11.1 Å². The van der Waals surface area contributed by atoms with Gasteiger partial charge in [-0.05, 0) is 35.8 Å². The molecule has 0 unspecified atom stereocenters. The normalized spacial score (nSPS) is 11.6. The Morgan fingerprint density at radius 2 is 2.00 bits per heavy atom. The summed E-state index contributed by atoms with van der Waals surface area (Å²) in [6, 6.07) is 3.46. The third kappa shape index (κ3) is 2.70. The number of hydrogen-bond acceptors (Lipinski definition) is 5. The van der Waals surface area contributed by atoms with Crippen LogP contribution in [0.15, 0.2) is 22.7 Å². The van der Waals surface area contributed by atoms with Crippen molar-refractivity contribution >= 4 is 17.7 Å². The topological polar surface area (TPSA) is 77.0 Å². The molecule has 3 N–H and O–H groups in total. The summed E-state index contributed by atoms with van der Waals surface area (Å²) in [4.78, 5) is 3.64. The first kappa shape index (κ1) is 12.2. The number of nitrogens with one attached hydrogen (secondary N) is 1. The average molecular weight is 258 g/mol. The SMILES string of the molecule is Cc1cc(Nc2nc(N)no2)cc(C(F)(F)F)c1. The zero-order valence-electron chi connectivity index (χ0n) is 9.25. The summed E-state index contributed by atoms with van der Waals surface area (Å²) < 4.78 is 42.4. The van der Waals surface area contributed by atoms with Crippen molar-refractivity contribution in [2.75, 3.05) is 11.1 Å². The smallest absolute Gasteiger partial charge is 0.365 e.